The van der Waals surface area contributed by atoms with Crippen molar-refractivity contribution in [3.05, 3.63) is 0 Å². The number of aliphatic hydroxyl groups excluding tert-OH is 2. The Morgan fingerprint density at radius 2 is 1.02 bits per heavy atom. The first kappa shape index (κ1) is 54.7. The van der Waals surface area contributed by atoms with Gasteiger partial charge in [0.05, 0.1) is 24.9 Å². The summed E-state index contributed by atoms with van der Waals surface area (Å²) in [5.41, 5.74) is -0.504. The summed E-state index contributed by atoms with van der Waals surface area (Å²) in [5.74, 6) is -0.240. The molecule has 0 bridgehead atoms. The van der Waals surface area contributed by atoms with E-state index in [2.05, 4.69) is 19.2 Å². The first-order valence-electron chi connectivity index (χ1n) is 23.0. The molecule has 0 aliphatic heterocycles. The lowest BCUT2D eigenvalue weighted by Crippen LogP contribution is -2.48. The second-order valence-corrected chi connectivity index (χ2v) is 17.0. The number of nitrogens with one attached hydrogen (secondary N) is 1. The highest BCUT2D eigenvalue weighted by molar-refractivity contribution is 5.69. The fourth-order valence-electron chi connectivity index (χ4n) is 6.52. The van der Waals surface area contributed by atoms with E-state index >= 15 is 0 Å². The van der Waals surface area contributed by atoms with Crippen molar-refractivity contribution >= 4 is 11.9 Å². The number of carbonyl (C=O) groups is 2. The number of hydrogen-bond acceptors (Lipinski definition) is 11. The minimum atomic E-state index is -1.18. The molecule has 0 fully saturated rings. The SMILES string of the molecule is CCCCCCCCCCCC(=O)OCCCCC(CCCCOC(=O)CCCCCCCCCCC)OC(O)NCCN(CCN(C)C)C(O)OC(C)(C)C. The maximum absolute atomic E-state index is 12.3. The Kier molecular flexibility index (Phi) is 37.0. The van der Waals surface area contributed by atoms with Crippen molar-refractivity contribution in [2.24, 2.45) is 0 Å². The van der Waals surface area contributed by atoms with Gasteiger partial charge in [-0.15, -0.1) is 0 Å². The maximum atomic E-state index is 12.3. The van der Waals surface area contributed by atoms with E-state index in [1.54, 1.807) is 0 Å². The van der Waals surface area contributed by atoms with Crippen LogP contribution in [0.5, 0.6) is 0 Å². The molecular formula is C45H91N3O8. The summed E-state index contributed by atoms with van der Waals surface area (Å²) in [4.78, 5) is 28.4. The van der Waals surface area contributed by atoms with Crippen LogP contribution in [0.25, 0.3) is 0 Å². The zero-order valence-electron chi connectivity index (χ0n) is 37.6. The van der Waals surface area contributed by atoms with Crippen molar-refractivity contribution in [2.75, 3.05) is 53.5 Å². The number of nitrogens with zero attached hydrogens (tertiary/aromatic N) is 2. The quantitative estimate of drug-likeness (QED) is 0.0311. The Labute approximate surface area is 344 Å². The zero-order chi connectivity index (χ0) is 41.7. The third-order valence-electron chi connectivity index (χ3n) is 9.98. The van der Waals surface area contributed by atoms with Gasteiger partial charge in [-0.2, -0.15) is 0 Å². The van der Waals surface area contributed by atoms with Crippen LogP contribution in [-0.2, 0) is 28.5 Å². The van der Waals surface area contributed by atoms with E-state index in [1.807, 2.05) is 44.7 Å². The van der Waals surface area contributed by atoms with Gasteiger partial charge in [-0.3, -0.25) is 19.8 Å². The predicted molar refractivity (Wildman–Crippen MR) is 229 cm³/mol. The van der Waals surface area contributed by atoms with Gasteiger partial charge in [-0.25, -0.2) is 0 Å². The Bertz CT molecular complexity index is 844. The number of carbonyl (C=O) groups excluding carboxylic acids is 2. The summed E-state index contributed by atoms with van der Waals surface area (Å²) in [6.07, 6.45) is 24.9. The number of likely N-dealkylation sites (N-methyl/N-ethyl adjacent to an activating group) is 1. The van der Waals surface area contributed by atoms with E-state index in [-0.39, 0.29) is 18.0 Å². The Balaban J connectivity index is 4.68. The van der Waals surface area contributed by atoms with Crippen LogP contribution in [0.4, 0.5) is 0 Å². The van der Waals surface area contributed by atoms with E-state index in [9.17, 15) is 19.8 Å². The van der Waals surface area contributed by atoms with Crippen LogP contribution in [0.1, 0.15) is 202 Å². The molecule has 2 atom stereocenters. The van der Waals surface area contributed by atoms with Gasteiger partial charge in [0.2, 0.25) is 12.8 Å². The monoisotopic (exact) mass is 802 g/mol. The summed E-state index contributed by atoms with van der Waals surface area (Å²) in [7, 11) is 3.97. The van der Waals surface area contributed by atoms with E-state index < -0.39 is 18.4 Å². The van der Waals surface area contributed by atoms with Crippen LogP contribution >= 0.6 is 0 Å². The summed E-state index contributed by atoms with van der Waals surface area (Å²) in [5, 5.41) is 24.6. The molecule has 0 saturated carbocycles. The minimum absolute atomic E-state index is 0.120. The average Bonchev–Trinajstić information content (AvgIpc) is 3.13. The van der Waals surface area contributed by atoms with Gasteiger partial charge < -0.3 is 34.1 Å². The molecule has 11 nitrogen and oxygen atoms in total. The summed E-state index contributed by atoms with van der Waals surface area (Å²) < 4.78 is 22.9. The number of unbranched alkanes of at least 4 members (excludes halogenated alkanes) is 18. The number of ether oxygens (including phenoxy) is 4. The van der Waals surface area contributed by atoms with Crippen LogP contribution in [-0.4, -0.2) is 110 Å². The van der Waals surface area contributed by atoms with E-state index in [0.717, 1.165) is 57.9 Å². The molecule has 0 aromatic rings. The number of hydrogen-bond donors (Lipinski definition) is 3. The summed E-state index contributed by atoms with van der Waals surface area (Å²) >= 11 is 0. The molecule has 2 unspecified atom stereocenters. The molecule has 0 aromatic carbocycles. The molecule has 334 valence electrons. The number of esters is 2. The fourth-order valence-corrected chi connectivity index (χ4v) is 6.52. The van der Waals surface area contributed by atoms with Crippen molar-refractivity contribution in [1.29, 1.82) is 0 Å². The molecule has 0 heterocycles. The highest BCUT2D eigenvalue weighted by Gasteiger charge is 2.23. The first-order chi connectivity index (χ1) is 26.9. The Morgan fingerprint density at radius 3 is 1.43 bits per heavy atom. The van der Waals surface area contributed by atoms with Gasteiger partial charge in [-0.05, 0) is 86.2 Å². The molecule has 0 aromatic heterocycles. The van der Waals surface area contributed by atoms with Gasteiger partial charge in [-0.1, -0.05) is 117 Å². The standard InChI is InChI=1S/C45H91N3O8/c1-8-10-12-14-16-18-20-22-24-32-41(49)53-38-28-26-30-40(31-27-29-39-54-42(50)33-25-23-21-19-17-15-13-11-9-2)55-43(51)46-34-35-48(37-36-47(6)7)44(52)56-45(3,4)5/h40,43-44,46,51-52H,8-39H2,1-7H3. The average molecular weight is 802 g/mol. The molecule has 3 N–H and O–H groups in total. The largest absolute Gasteiger partial charge is 0.466 e. The molecule has 0 saturated heterocycles. The smallest absolute Gasteiger partial charge is 0.305 e. The van der Waals surface area contributed by atoms with Crippen LogP contribution < -0.4 is 5.32 Å². The normalized spacial score (nSPS) is 13.2. The molecule has 0 spiro atoms. The fraction of sp³-hybridized carbons (Fsp3) is 0.956. The predicted octanol–water partition coefficient (Wildman–Crippen LogP) is 9.46. The molecule has 0 amide bonds. The van der Waals surface area contributed by atoms with Gasteiger partial charge in [0.25, 0.3) is 0 Å². The lowest BCUT2D eigenvalue weighted by Gasteiger charge is -2.33. The van der Waals surface area contributed by atoms with Gasteiger partial charge in [0, 0.05) is 39.0 Å². The van der Waals surface area contributed by atoms with Crippen molar-refractivity contribution in [1.82, 2.24) is 15.1 Å². The number of aliphatic hydroxyl groups is 2. The van der Waals surface area contributed by atoms with Crippen molar-refractivity contribution in [3.63, 3.8) is 0 Å². The third-order valence-corrected chi connectivity index (χ3v) is 9.98. The van der Waals surface area contributed by atoms with Crippen LogP contribution in [0, 0.1) is 0 Å². The lowest BCUT2D eigenvalue weighted by atomic mass is 10.1. The van der Waals surface area contributed by atoms with E-state index in [0.29, 0.717) is 58.5 Å². The number of rotatable bonds is 41. The summed E-state index contributed by atoms with van der Waals surface area (Å²) in [6.45, 7) is 13.1. The molecule has 0 aliphatic rings. The molecule has 11 heteroatoms. The molecular weight excluding hydrogens is 711 g/mol. The second kappa shape index (κ2) is 37.9. The van der Waals surface area contributed by atoms with Crippen molar-refractivity contribution in [2.45, 2.75) is 226 Å². The van der Waals surface area contributed by atoms with Crippen LogP contribution in [0.2, 0.25) is 0 Å². The van der Waals surface area contributed by atoms with Crippen molar-refractivity contribution < 1.29 is 38.7 Å². The minimum Gasteiger partial charge on any atom is -0.466 e. The van der Waals surface area contributed by atoms with Crippen LogP contribution in [0.15, 0.2) is 0 Å². The highest BCUT2D eigenvalue weighted by atomic mass is 16.6. The lowest BCUT2D eigenvalue weighted by molar-refractivity contribution is -0.239. The third kappa shape index (κ3) is 38.2. The second-order valence-electron chi connectivity index (χ2n) is 17.0. The highest BCUT2D eigenvalue weighted by Crippen LogP contribution is 2.17. The van der Waals surface area contributed by atoms with Gasteiger partial charge >= 0.3 is 11.9 Å². The molecule has 56 heavy (non-hydrogen) atoms. The summed E-state index contributed by atoms with van der Waals surface area (Å²) in [6, 6.07) is 0. The molecule has 0 aliphatic carbocycles. The van der Waals surface area contributed by atoms with E-state index in [4.69, 9.17) is 18.9 Å². The first-order valence-corrected chi connectivity index (χ1v) is 23.0. The van der Waals surface area contributed by atoms with Crippen LogP contribution in [0.3, 0.4) is 0 Å². The Hall–Kier alpha value is -1.34. The topological polar surface area (TPSA) is 130 Å². The zero-order valence-corrected chi connectivity index (χ0v) is 37.6. The van der Waals surface area contributed by atoms with E-state index in [1.165, 1.54) is 89.9 Å². The maximum Gasteiger partial charge on any atom is 0.305 e. The Morgan fingerprint density at radius 1 is 0.589 bits per heavy atom. The molecule has 0 radical (unpaired) electrons. The van der Waals surface area contributed by atoms with Crippen molar-refractivity contribution in [3.8, 4) is 0 Å². The molecule has 0 rings (SSSR count). The van der Waals surface area contributed by atoms with Gasteiger partial charge in [0.1, 0.15) is 0 Å². The van der Waals surface area contributed by atoms with Gasteiger partial charge in [0.15, 0.2) is 0 Å².